The van der Waals surface area contributed by atoms with Gasteiger partial charge in [0.2, 0.25) is 5.91 Å². The van der Waals surface area contributed by atoms with E-state index in [1.807, 2.05) is 0 Å². The fourth-order valence-corrected chi connectivity index (χ4v) is 2.15. The minimum Gasteiger partial charge on any atom is -0.398 e. The van der Waals surface area contributed by atoms with E-state index in [0.717, 1.165) is 0 Å². The lowest BCUT2D eigenvalue weighted by Crippen LogP contribution is -2.36. The Bertz CT molecular complexity index is 469. The minimum absolute atomic E-state index is 0.0946. The number of hydrogen-bond donors (Lipinski definition) is 2. The maximum atomic E-state index is 11.8. The molecule has 0 saturated carbocycles. The van der Waals surface area contributed by atoms with Gasteiger partial charge in [-0.2, -0.15) is 0 Å². The van der Waals surface area contributed by atoms with Gasteiger partial charge in [0.1, 0.15) is 5.41 Å². The van der Waals surface area contributed by atoms with Crippen molar-refractivity contribution in [1.82, 2.24) is 5.32 Å². The van der Waals surface area contributed by atoms with Crippen LogP contribution in [-0.4, -0.2) is 18.2 Å². The molecule has 84 valence electrons. The van der Waals surface area contributed by atoms with Gasteiger partial charge in [-0.3, -0.25) is 9.59 Å². The summed E-state index contributed by atoms with van der Waals surface area (Å²) in [5.41, 5.74) is 5.82. The highest BCUT2D eigenvalue weighted by Crippen LogP contribution is 2.32. The van der Waals surface area contributed by atoms with Crippen LogP contribution in [0.25, 0.3) is 0 Å². The molecule has 0 aliphatic carbocycles. The Labute approximate surface area is 101 Å². The average Bonchev–Trinajstić information content (AvgIpc) is 2.51. The van der Waals surface area contributed by atoms with Gasteiger partial charge in [-0.15, -0.1) is 0 Å². The van der Waals surface area contributed by atoms with Crippen molar-refractivity contribution in [2.75, 3.05) is 12.3 Å². The van der Waals surface area contributed by atoms with E-state index in [-0.39, 0.29) is 18.2 Å². The number of nitrogens with one attached hydrogen (secondary N) is 1. The zero-order chi connectivity index (χ0) is 11.9. The van der Waals surface area contributed by atoms with Crippen LogP contribution in [0.5, 0.6) is 0 Å². The maximum absolute atomic E-state index is 11.8. The zero-order valence-corrected chi connectivity index (χ0v) is 10.3. The molecule has 1 aliphatic rings. The van der Waals surface area contributed by atoms with Crippen LogP contribution in [0.2, 0.25) is 0 Å². The van der Waals surface area contributed by atoms with Crippen molar-refractivity contribution in [2.24, 2.45) is 0 Å². The molecule has 2 rings (SSSR count). The van der Waals surface area contributed by atoms with Crippen molar-refractivity contribution in [3.8, 4) is 0 Å². The number of halogens is 1. The highest BCUT2D eigenvalue weighted by molar-refractivity contribution is 9.10. The van der Waals surface area contributed by atoms with Crippen molar-refractivity contribution in [1.29, 1.82) is 0 Å². The predicted molar refractivity (Wildman–Crippen MR) is 63.9 cm³/mol. The van der Waals surface area contributed by atoms with Crippen LogP contribution in [-0.2, 0) is 15.0 Å². The molecule has 0 bridgehead atoms. The van der Waals surface area contributed by atoms with E-state index in [0.29, 0.717) is 15.7 Å². The van der Waals surface area contributed by atoms with E-state index in [1.165, 1.54) is 0 Å². The van der Waals surface area contributed by atoms with Crippen LogP contribution < -0.4 is 11.1 Å². The molecule has 1 saturated heterocycles. The molecule has 1 aromatic carbocycles. The second kappa shape index (κ2) is 3.59. The van der Waals surface area contributed by atoms with Crippen LogP contribution in [0.4, 0.5) is 5.69 Å². The molecule has 1 aromatic rings. The van der Waals surface area contributed by atoms with Gasteiger partial charge in [0.25, 0.3) is 0 Å². The number of ketones is 1. The van der Waals surface area contributed by atoms with Gasteiger partial charge in [-0.25, -0.2) is 0 Å². The first-order chi connectivity index (χ1) is 7.46. The molecule has 1 amide bonds. The topological polar surface area (TPSA) is 72.2 Å². The third-order valence-corrected chi connectivity index (χ3v) is 3.69. The molecule has 4 nitrogen and oxygen atoms in total. The highest BCUT2D eigenvalue weighted by Gasteiger charge is 2.47. The Hall–Kier alpha value is -1.36. The first-order valence-electron chi connectivity index (χ1n) is 4.83. The van der Waals surface area contributed by atoms with E-state index in [2.05, 4.69) is 21.2 Å². The SMILES string of the molecule is CC1(c2ccc(N)c(Br)c2)C(=O)CNC1=O. The summed E-state index contributed by atoms with van der Waals surface area (Å²) in [6, 6.07) is 5.12. The van der Waals surface area contributed by atoms with Crippen LogP contribution in [0, 0.1) is 0 Å². The van der Waals surface area contributed by atoms with E-state index in [1.54, 1.807) is 25.1 Å². The summed E-state index contributed by atoms with van der Waals surface area (Å²) in [6.07, 6.45) is 0. The lowest BCUT2D eigenvalue weighted by molar-refractivity contribution is -0.129. The normalized spacial score (nSPS) is 24.6. The Kier molecular flexibility index (Phi) is 2.50. The molecule has 5 heteroatoms. The Balaban J connectivity index is 2.54. The van der Waals surface area contributed by atoms with E-state index < -0.39 is 5.41 Å². The summed E-state index contributed by atoms with van der Waals surface area (Å²) in [4.78, 5) is 23.5. The number of hydrogen-bond acceptors (Lipinski definition) is 3. The van der Waals surface area contributed by atoms with Gasteiger partial charge >= 0.3 is 0 Å². The summed E-state index contributed by atoms with van der Waals surface area (Å²) in [5, 5.41) is 2.56. The van der Waals surface area contributed by atoms with Crippen molar-refractivity contribution < 1.29 is 9.59 Å². The smallest absolute Gasteiger partial charge is 0.238 e. The van der Waals surface area contributed by atoms with Crippen molar-refractivity contribution in [2.45, 2.75) is 12.3 Å². The Morgan fingerprint density at radius 3 is 2.62 bits per heavy atom. The summed E-state index contributed by atoms with van der Waals surface area (Å²) < 4.78 is 0.693. The number of rotatable bonds is 1. The van der Waals surface area contributed by atoms with Crippen LogP contribution in [0.1, 0.15) is 12.5 Å². The van der Waals surface area contributed by atoms with Gasteiger partial charge in [-0.05, 0) is 40.5 Å². The van der Waals surface area contributed by atoms with Gasteiger partial charge in [-0.1, -0.05) is 6.07 Å². The molecule has 1 atom stereocenters. The van der Waals surface area contributed by atoms with Gasteiger partial charge in [0.15, 0.2) is 5.78 Å². The number of Topliss-reactive ketones (excluding diaryl/α,β-unsaturated/α-hetero) is 1. The number of carbonyl (C=O) groups is 2. The summed E-state index contributed by atoms with van der Waals surface area (Å²) in [5.74, 6) is -0.372. The molecule has 0 aromatic heterocycles. The molecule has 16 heavy (non-hydrogen) atoms. The second-order valence-corrected chi connectivity index (χ2v) is 4.82. The molecule has 1 aliphatic heterocycles. The van der Waals surface area contributed by atoms with Gasteiger partial charge < -0.3 is 11.1 Å². The summed E-state index contributed by atoms with van der Waals surface area (Å²) in [7, 11) is 0. The van der Waals surface area contributed by atoms with Crippen LogP contribution in [0.15, 0.2) is 22.7 Å². The number of benzene rings is 1. The lowest BCUT2D eigenvalue weighted by Gasteiger charge is -2.19. The van der Waals surface area contributed by atoms with E-state index >= 15 is 0 Å². The first-order valence-corrected chi connectivity index (χ1v) is 5.62. The molecule has 0 spiro atoms. The number of carbonyl (C=O) groups excluding carboxylic acids is 2. The van der Waals surface area contributed by atoms with Crippen LogP contribution in [0.3, 0.4) is 0 Å². The number of nitrogen functional groups attached to an aromatic ring is 1. The average molecular weight is 283 g/mol. The second-order valence-electron chi connectivity index (χ2n) is 3.97. The molecule has 1 heterocycles. The van der Waals surface area contributed by atoms with Crippen molar-refractivity contribution in [3.05, 3.63) is 28.2 Å². The monoisotopic (exact) mass is 282 g/mol. The fourth-order valence-electron chi connectivity index (χ4n) is 1.77. The number of amides is 1. The largest absolute Gasteiger partial charge is 0.398 e. The van der Waals surface area contributed by atoms with Crippen molar-refractivity contribution in [3.63, 3.8) is 0 Å². The highest BCUT2D eigenvalue weighted by atomic mass is 79.9. The molecular formula is C11H11BrN2O2. The third-order valence-electron chi connectivity index (χ3n) is 3.00. The molecule has 1 unspecified atom stereocenters. The minimum atomic E-state index is -1.09. The maximum Gasteiger partial charge on any atom is 0.238 e. The molecular weight excluding hydrogens is 272 g/mol. The van der Waals surface area contributed by atoms with E-state index in [4.69, 9.17) is 5.73 Å². The van der Waals surface area contributed by atoms with E-state index in [9.17, 15) is 9.59 Å². The zero-order valence-electron chi connectivity index (χ0n) is 8.71. The molecule has 1 fully saturated rings. The van der Waals surface area contributed by atoms with Gasteiger partial charge in [0.05, 0.1) is 6.54 Å². The predicted octanol–water partition coefficient (Wildman–Crippen LogP) is 0.988. The molecule has 0 radical (unpaired) electrons. The fraction of sp³-hybridized carbons (Fsp3) is 0.273. The first kappa shape index (κ1) is 11.1. The third kappa shape index (κ3) is 1.43. The molecule has 3 N–H and O–H groups in total. The van der Waals surface area contributed by atoms with Gasteiger partial charge in [0, 0.05) is 10.2 Å². The quantitative estimate of drug-likeness (QED) is 0.596. The number of anilines is 1. The Morgan fingerprint density at radius 2 is 2.12 bits per heavy atom. The Morgan fingerprint density at radius 1 is 1.44 bits per heavy atom. The van der Waals surface area contributed by atoms with Crippen LogP contribution >= 0.6 is 15.9 Å². The summed E-state index contributed by atoms with van der Waals surface area (Å²) >= 11 is 3.29. The summed E-state index contributed by atoms with van der Waals surface area (Å²) in [6.45, 7) is 1.73. The lowest BCUT2D eigenvalue weighted by atomic mass is 9.80. The standard InChI is InChI=1S/C11H11BrN2O2/c1-11(9(15)5-14-10(11)16)6-2-3-8(13)7(12)4-6/h2-4H,5,13H2,1H3,(H,14,16). The number of nitrogens with two attached hydrogens (primary N) is 1. The van der Waals surface area contributed by atoms with Crippen molar-refractivity contribution >= 4 is 33.3 Å².